The Morgan fingerprint density at radius 2 is 1.00 bits per heavy atom. The van der Waals surface area contributed by atoms with E-state index in [-0.39, 0.29) is 0 Å². The van der Waals surface area contributed by atoms with Crippen molar-refractivity contribution in [1.29, 1.82) is 0 Å². The molecule has 33 heavy (non-hydrogen) atoms. The molecule has 0 aliphatic carbocycles. The monoisotopic (exact) mass is 450 g/mol. The van der Waals surface area contributed by atoms with E-state index in [1.165, 1.54) is 38.6 Å². The predicted molar refractivity (Wildman–Crippen MR) is 146 cm³/mol. The Morgan fingerprint density at radius 3 is 1.45 bits per heavy atom. The minimum atomic E-state index is -0.875. The lowest BCUT2D eigenvalue weighted by molar-refractivity contribution is 1.28. The van der Waals surface area contributed by atoms with E-state index >= 15 is 0 Å². The first-order chi connectivity index (χ1) is 16.0. The highest BCUT2D eigenvalue weighted by molar-refractivity contribution is 7.75. The molecule has 0 spiro atoms. The Labute approximate surface area is 199 Å². The molecular weight excluding hydrogens is 419 g/mol. The first-order valence-corrected chi connectivity index (χ1v) is 12.6. The Morgan fingerprint density at radius 1 is 0.576 bits per heavy atom. The van der Waals surface area contributed by atoms with Crippen molar-refractivity contribution in [2.75, 3.05) is 4.67 Å². The molecule has 2 nitrogen and oxygen atoms in total. The van der Waals surface area contributed by atoms with Crippen LogP contribution in [0.1, 0.15) is 29.2 Å². The summed E-state index contributed by atoms with van der Waals surface area (Å²) in [5.41, 5.74) is 7.20. The quantitative estimate of drug-likeness (QED) is 0.174. The largest absolute Gasteiger partial charge is 0.300 e. The molecule has 0 heterocycles. The van der Waals surface area contributed by atoms with E-state index in [4.69, 9.17) is 4.99 Å². The van der Waals surface area contributed by atoms with Crippen molar-refractivity contribution in [1.82, 2.24) is 0 Å². The normalized spacial score (nSPS) is 11.6. The molecule has 166 valence electrons. The first-order valence-electron chi connectivity index (χ1n) is 11.4. The molecule has 4 aromatic rings. The molecular formula is C30H31N2P. The minimum Gasteiger partial charge on any atom is -0.300 e. The lowest BCUT2D eigenvalue weighted by Crippen LogP contribution is -2.33. The number of rotatable bonds is 5. The highest BCUT2D eigenvalue weighted by Crippen LogP contribution is 2.45. The summed E-state index contributed by atoms with van der Waals surface area (Å²) in [6.07, 6.45) is 0. The van der Waals surface area contributed by atoms with E-state index in [2.05, 4.69) is 136 Å². The number of nitrogens with zero attached hydrogens (tertiary/aromatic N) is 2. The van der Waals surface area contributed by atoms with E-state index in [1.54, 1.807) is 0 Å². The fourth-order valence-electron chi connectivity index (χ4n) is 4.26. The second-order valence-corrected chi connectivity index (χ2v) is 10.5. The Bertz CT molecular complexity index is 1180. The number of anilines is 1. The van der Waals surface area contributed by atoms with Gasteiger partial charge >= 0.3 is 0 Å². The van der Waals surface area contributed by atoms with Gasteiger partial charge in [-0.1, -0.05) is 97.1 Å². The summed E-state index contributed by atoms with van der Waals surface area (Å²) >= 11 is 0. The van der Waals surface area contributed by atoms with Crippen LogP contribution in [-0.2, 0) is 0 Å². The van der Waals surface area contributed by atoms with E-state index in [0.29, 0.717) is 0 Å². The van der Waals surface area contributed by atoms with Crippen molar-refractivity contribution < 1.29 is 0 Å². The minimum absolute atomic E-state index is 0.875. The van der Waals surface area contributed by atoms with Crippen molar-refractivity contribution in [2.24, 2.45) is 4.99 Å². The Balaban J connectivity index is 2.00. The number of hydrogen-bond donors (Lipinski definition) is 0. The third-order valence-electron chi connectivity index (χ3n) is 5.87. The van der Waals surface area contributed by atoms with Crippen molar-refractivity contribution in [3.05, 3.63) is 119 Å². The van der Waals surface area contributed by atoms with Crippen molar-refractivity contribution >= 4 is 35.9 Å². The zero-order valence-corrected chi connectivity index (χ0v) is 21.0. The van der Waals surface area contributed by atoms with Gasteiger partial charge in [-0.25, -0.2) is 4.99 Å². The molecule has 0 radical (unpaired) electrons. The summed E-state index contributed by atoms with van der Waals surface area (Å²) in [6.45, 7) is 10.8. The van der Waals surface area contributed by atoms with E-state index < -0.39 is 8.07 Å². The lowest BCUT2D eigenvalue weighted by Gasteiger charge is -2.36. The SMILES string of the molecule is CC(=Nc1c(C)cccc1C)N(c1c(C)cccc1C)P(c1ccccc1)c1ccccc1. The predicted octanol–water partition coefficient (Wildman–Crippen LogP) is 7.52. The highest BCUT2D eigenvalue weighted by Gasteiger charge is 2.27. The number of hydrogen-bond acceptors (Lipinski definition) is 1. The van der Waals surface area contributed by atoms with Gasteiger partial charge < -0.3 is 0 Å². The number of amidine groups is 1. The summed E-state index contributed by atoms with van der Waals surface area (Å²) in [4.78, 5) is 5.25. The van der Waals surface area contributed by atoms with Gasteiger partial charge in [0.15, 0.2) is 0 Å². The van der Waals surface area contributed by atoms with Crippen LogP contribution in [0.3, 0.4) is 0 Å². The molecule has 4 rings (SSSR count). The standard InChI is InChI=1S/C30H31N2P/c1-22-14-12-15-23(2)29(22)31-26(5)32(30-24(3)16-13-17-25(30)4)33(27-18-8-6-9-19-27)28-20-10-7-11-21-28/h6-21H,1-5H3. The maximum absolute atomic E-state index is 5.25. The highest BCUT2D eigenvalue weighted by atomic mass is 31.1. The van der Waals surface area contributed by atoms with E-state index in [9.17, 15) is 0 Å². The van der Waals surface area contributed by atoms with Gasteiger partial charge in [-0.05, 0) is 56.9 Å². The van der Waals surface area contributed by atoms with Crippen LogP contribution < -0.4 is 15.3 Å². The van der Waals surface area contributed by atoms with E-state index in [0.717, 1.165) is 11.5 Å². The Kier molecular flexibility index (Phi) is 7.06. The summed E-state index contributed by atoms with van der Waals surface area (Å²) in [7, 11) is -0.875. The average molecular weight is 451 g/mol. The maximum atomic E-state index is 5.25. The van der Waals surface area contributed by atoms with Gasteiger partial charge in [0, 0.05) is 10.6 Å². The van der Waals surface area contributed by atoms with Gasteiger partial charge in [-0.3, -0.25) is 4.67 Å². The van der Waals surface area contributed by atoms with Crippen molar-refractivity contribution in [3.63, 3.8) is 0 Å². The van der Waals surface area contributed by atoms with Gasteiger partial charge in [0.1, 0.15) is 5.84 Å². The van der Waals surface area contributed by atoms with Crippen LogP contribution in [0.4, 0.5) is 11.4 Å². The van der Waals surface area contributed by atoms with Crippen molar-refractivity contribution in [2.45, 2.75) is 34.6 Å². The molecule has 0 aliphatic rings. The molecule has 0 saturated heterocycles. The van der Waals surface area contributed by atoms with Gasteiger partial charge in [0.05, 0.1) is 19.4 Å². The van der Waals surface area contributed by atoms with Crippen LogP contribution in [0.15, 0.2) is 102 Å². The molecule has 0 aromatic heterocycles. The van der Waals surface area contributed by atoms with Crippen LogP contribution in [0.25, 0.3) is 0 Å². The number of aliphatic imine (C=N–C) groups is 1. The molecule has 0 atom stereocenters. The van der Waals surface area contributed by atoms with Gasteiger partial charge in [0.25, 0.3) is 0 Å². The second-order valence-electron chi connectivity index (χ2n) is 8.43. The molecule has 0 amide bonds. The van der Waals surface area contributed by atoms with Crippen LogP contribution in [0, 0.1) is 27.7 Å². The summed E-state index contributed by atoms with van der Waals surface area (Å²) in [6, 6.07) is 34.6. The Hall–Kier alpha value is -3.22. The van der Waals surface area contributed by atoms with Gasteiger partial charge in [-0.15, -0.1) is 0 Å². The topological polar surface area (TPSA) is 15.6 Å². The fraction of sp³-hybridized carbons (Fsp3) is 0.167. The number of para-hydroxylation sites is 2. The van der Waals surface area contributed by atoms with Crippen LogP contribution in [0.2, 0.25) is 0 Å². The van der Waals surface area contributed by atoms with Gasteiger partial charge in [-0.2, -0.15) is 0 Å². The number of benzene rings is 4. The smallest absolute Gasteiger partial charge is 0.110 e. The fourth-order valence-corrected chi connectivity index (χ4v) is 6.77. The maximum Gasteiger partial charge on any atom is 0.110 e. The summed E-state index contributed by atoms with van der Waals surface area (Å²) in [5.74, 6) is 1.00. The molecule has 0 saturated carbocycles. The van der Waals surface area contributed by atoms with Crippen LogP contribution in [-0.4, -0.2) is 5.84 Å². The van der Waals surface area contributed by atoms with Crippen molar-refractivity contribution in [3.8, 4) is 0 Å². The first kappa shape index (κ1) is 23.0. The molecule has 0 fully saturated rings. The number of aryl methyl sites for hydroxylation is 4. The zero-order chi connectivity index (χ0) is 23.4. The molecule has 0 N–H and O–H groups in total. The molecule has 3 heteroatoms. The third kappa shape index (κ3) is 4.92. The van der Waals surface area contributed by atoms with Crippen LogP contribution >= 0.6 is 8.07 Å². The summed E-state index contributed by atoms with van der Waals surface area (Å²) < 4.78 is 2.48. The molecule has 4 aromatic carbocycles. The molecule has 0 aliphatic heterocycles. The third-order valence-corrected chi connectivity index (χ3v) is 8.34. The van der Waals surface area contributed by atoms with E-state index in [1.807, 2.05) is 0 Å². The average Bonchev–Trinajstić information content (AvgIpc) is 2.82. The second kappa shape index (κ2) is 10.1. The summed E-state index contributed by atoms with van der Waals surface area (Å²) in [5, 5.41) is 2.61. The molecule has 0 unspecified atom stereocenters. The van der Waals surface area contributed by atoms with Gasteiger partial charge in [0.2, 0.25) is 0 Å². The zero-order valence-electron chi connectivity index (χ0n) is 20.1. The lowest BCUT2D eigenvalue weighted by atomic mass is 10.1. The molecule has 0 bridgehead atoms. The van der Waals surface area contributed by atoms with Crippen LogP contribution in [0.5, 0.6) is 0 Å².